The summed E-state index contributed by atoms with van der Waals surface area (Å²) < 4.78 is 46.1. The average molecular weight is 484 g/mol. The van der Waals surface area contributed by atoms with Crippen LogP contribution >= 0.6 is 0 Å². The van der Waals surface area contributed by atoms with Gasteiger partial charge in [-0.2, -0.15) is 0 Å². The molecule has 0 radical (unpaired) electrons. The number of rotatable bonds is 7. The van der Waals surface area contributed by atoms with Crippen molar-refractivity contribution in [3.63, 3.8) is 0 Å². The lowest BCUT2D eigenvalue weighted by Gasteiger charge is -2.32. The molecule has 9 heteroatoms. The van der Waals surface area contributed by atoms with Gasteiger partial charge in [-0.25, -0.2) is 17.5 Å². The number of amides is 1. The predicted octanol–water partition coefficient (Wildman–Crippen LogP) is 4.16. The molecule has 0 aliphatic carbocycles. The van der Waals surface area contributed by atoms with E-state index < -0.39 is 15.8 Å². The third kappa shape index (κ3) is 5.55. The van der Waals surface area contributed by atoms with Crippen LogP contribution in [0.5, 0.6) is 5.75 Å². The van der Waals surface area contributed by atoms with E-state index in [9.17, 15) is 17.6 Å². The van der Waals surface area contributed by atoms with Crippen molar-refractivity contribution in [1.82, 2.24) is 9.62 Å². The fourth-order valence-corrected chi connectivity index (χ4v) is 5.19. The van der Waals surface area contributed by atoms with Gasteiger partial charge in [0.1, 0.15) is 11.6 Å². The van der Waals surface area contributed by atoms with Crippen LogP contribution in [-0.4, -0.2) is 45.5 Å². The Bertz CT molecular complexity index is 1240. The van der Waals surface area contributed by atoms with E-state index >= 15 is 0 Å². The molecule has 3 aromatic rings. The maximum Gasteiger partial charge on any atom is 0.255 e. The van der Waals surface area contributed by atoms with Gasteiger partial charge in [0.25, 0.3) is 5.91 Å². The van der Waals surface area contributed by atoms with Gasteiger partial charge in [0, 0.05) is 24.8 Å². The number of sulfonamides is 1. The number of nitrogens with zero attached hydrogens (tertiary/aromatic N) is 1. The van der Waals surface area contributed by atoms with Crippen molar-refractivity contribution in [3.05, 3.63) is 84.2 Å². The Balaban J connectivity index is 1.39. The van der Waals surface area contributed by atoms with E-state index in [2.05, 4.69) is 10.0 Å². The lowest BCUT2D eigenvalue weighted by molar-refractivity contribution is 0.0712. The van der Waals surface area contributed by atoms with Crippen molar-refractivity contribution in [2.45, 2.75) is 23.8 Å². The number of carbonyl (C=O) groups is 1. The van der Waals surface area contributed by atoms with Crippen molar-refractivity contribution in [2.24, 2.45) is 0 Å². The maximum absolute atomic E-state index is 13.2. The number of benzene rings is 3. The first kappa shape index (κ1) is 23.7. The molecule has 0 bridgehead atoms. The summed E-state index contributed by atoms with van der Waals surface area (Å²) >= 11 is 0. The molecule has 1 saturated heterocycles. The van der Waals surface area contributed by atoms with Gasteiger partial charge >= 0.3 is 0 Å². The zero-order chi connectivity index (χ0) is 24.1. The summed E-state index contributed by atoms with van der Waals surface area (Å²) in [6.07, 6.45) is 0.973. The SMILES string of the molecule is COc1ccc(Nc2ccccc2C(=O)N2CCC(NS(=O)(=O)c3ccc(F)cc3)CC2)cc1. The number of likely N-dealkylation sites (tertiary alicyclic amines) is 1. The van der Waals surface area contributed by atoms with Gasteiger partial charge in [-0.05, 0) is 73.5 Å². The molecule has 34 heavy (non-hydrogen) atoms. The lowest BCUT2D eigenvalue weighted by Crippen LogP contribution is -2.46. The quantitative estimate of drug-likeness (QED) is 0.527. The van der Waals surface area contributed by atoms with E-state index in [-0.39, 0.29) is 16.8 Å². The Kier molecular flexibility index (Phi) is 7.14. The summed E-state index contributed by atoms with van der Waals surface area (Å²) in [5.41, 5.74) is 2.07. The fourth-order valence-electron chi connectivity index (χ4n) is 3.88. The number of ether oxygens (including phenoxy) is 1. The van der Waals surface area contributed by atoms with Crippen molar-refractivity contribution in [1.29, 1.82) is 0 Å². The van der Waals surface area contributed by atoms with E-state index in [4.69, 9.17) is 4.74 Å². The summed E-state index contributed by atoms with van der Waals surface area (Å²) in [5, 5.41) is 3.28. The van der Waals surface area contributed by atoms with Crippen LogP contribution in [-0.2, 0) is 10.0 Å². The molecule has 0 unspecified atom stereocenters. The second-order valence-electron chi connectivity index (χ2n) is 8.04. The molecule has 178 valence electrons. The summed E-state index contributed by atoms with van der Waals surface area (Å²) in [4.78, 5) is 15.0. The Morgan fingerprint density at radius 3 is 2.26 bits per heavy atom. The Hall–Kier alpha value is -3.43. The zero-order valence-corrected chi connectivity index (χ0v) is 19.5. The van der Waals surface area contributed by atoms with Crippen LogP contribution in [0.2, 0.25) is 0 Å². The van der Waals surface area contributed by atoms with E-state index in [1.54, 1.807) is 18.1 Å². The van der Waals surface area contributed by atoms with Crippen molar-refractivity contribution in [2.75, 3.05) is 25.5 Å². The summed E-state index contributed by atoms with van der Waals surface area (Å²) in [5.74, 6) is 0.136. The van der Waals surface area contributed by atoms with Gasteiger partial charge in [-0.3, -0.25) is 4.79 Å². The molecule has 1 fully saturated rings. The smallest absolute Gasteiger partial charge is 0.255 e. The molecular weight excluding hydrogens is 457 g/mol. The first-order valence-electron chi connectivity index (χ1n) is 10.9. The molecule has 1 amide bonds. The molecule has 1 aliphatic heterocycles. The highest BCUT2D eigenvalue weighted by Crippen LogP contribution is 2.25. The monoisotopic (exact) mass is 483 g/mol. The van der Waals surface area contributed by atoms with Crippen LogP contribution in [0.25, 0.3) is 0 Å². The Morgan fingerprint density at radius 2 is 1.62 bits per heavy atom. The number of para-hydroxylation sites is 1. The fraction of sp³-hybridized carbons (Fsp3) is 0.240. The summed E-state index contributed by atoms with van der Waals surface area (Å²) in [7, 11) is -2.15. The van der Waals surface area contributed by atoms with Gasteiger partial charge in [-0.1, -0.05) is 12.1 Å². The predicted molar refractivity (Wildman–Crippen MR) is 128 cm³/mol. The second kappa shape index (κ2) is 10.2. The van der Waals surface area contributed by atoms with Gasteiger partial charge in [0.2, 0.25) is 10.0 Å². The number of hydrogen-bond donors (Lipinski definition) is 2. The molecule has 2 N–H and O–H groups in total. The van der Waals surface area contributed by atoms with Gasteiger partial charge in [0.15, 0.2) is 0 Å². The van der Waals surface area contributed by atoms with E-state index in [0.29, 0.717) is 37.2 Å². The normalized spacial score (nSPS) is 14.6. The van der Waals surface area contributed by atoms with Crippen LogP contribution in [0.1, 0.15) is 23.2 Å². The molecule has 0 spiro atoms. The first-order chi connectivity index (χ1) is 16.4. The number of piperidine rings is 1. The highest BCUT2D eigenvalue weighted by Gasteiger charge is 2.28. The first-order valence-corrected chi connectivity index (χ1v) is 12.4. The minimum absolute atomic E-state index is 0.0194. The minimum atomic E-state index is -3.75. The maximum atomic E-state index is 13.2. The van der Waals surface area contributed by atoms with Crippen LogP contribution in [0.15, 0.2) is 77.7 Å². The molecule has 1 aliphatic rings. The molecule has 7 nitrogen and oxygen atoms in total. The Labute approximate surface area is 198 Å². The average Bonchev–Trinajstić information content (AvgIpc) is 2.85. The number of hydrogen-bond acceptors (Lipinski definition) is 5. The van der Waals surface area contributed by atoms with E-state index in [0.717, 1.165) is 23.6 Å². The lowest BCUT2D eigenvalue weighted by atomic mass is 10.0. The van der Waals surface area contributed by atoms with E-state index in [1.807, 2.05) is 42.5 Å². The van der Waals surface area contributed by atoms with Crippen molar-refractivity contribution in [3.8, 4) is 5.75 Å². The summed E-state index contributed by atoms with van der Waals surface area (Å²) in [6.45, 7) is 0.846. The van der Waals surface area contributed by atoms with Crippen LogP contribution in [0, 0.1) is 5.82 Å². The van der Waals surface area contributed by atoms with E-state index in [1.165, 1.54) is 12.1 Å². The summed E-state index contributed by atoms with van der Waals surface area (Å²) in [6, 6.07) is 19.1. The molecule has 4 rings (SSSR count). The highest BCUT2D eigenvalue weighted by molar-refractivity contribution is 7.89. The molecular formula is C25H26FN3O4S. The van der Waals surface area contributed by atoms with Gasteiger partial charge < -0.3 is 15.0 Å². The van der Waals surface area contributed by atoms with Gasteiger partial charge in [0.05, 0.1) is 23.3 Å². The molecule has 3 aromatic carbocycles. The third-order valence-corrected chi connectivity index (χ3v) is 7.29. The topological polar surface area (TPSA) is 87.7 Å². The second-order valence-corrected chi connectivity index (χ2v) is 9.75. The highest BCUT2D eigenvalue weighted by atomic mass is 32.2. The molecule has 0 saturated carbocycles. The molecule has 1 heterocycles. The Morgan fingerprint density at radius 1 is 0.971 bits per heavy atom. The largest absolute Gasteiger partial charge is 0.497 e. The number of nitrogens with one attached hydrogen (secondary N) is 2. The zero-order valence-electron chi connectivity index (χ0n) is 18.7. The molecule has 0 aromatic heterocycles. The van der Waals surface area contributed by atoms with Crippen LogP contribution in [0.4, 0.5) is 15.8 Å². The number of anilines is 2. The number of methoxy groups -OCH3 is 1. The minimum Gasteiger partial charge on any atom is -0.497 e. The third-order valence-electron chi connectivity index (χ3n) is 5.75. The number of carbonyl (C=O) groups excluding carboxylic acids is 1. The molecule has 0 atom stereocenters. The van der Waals surface area contributed by atoms with Crippen LogP contribution < -0.4 is 14.8 Å². The van der Waals surface area contributed by atoms with Crippen molar-refractivity contribution >= 4 is 27.3 Å². The van der Waals surface area contributed by atoms with Gasteiger partial charge in [-0.15, -0.1) is 0 Å². The van der Waals surface area contributed by atoms with Crippen LogP contribution in [0.3, 0.4) is 0 Å². The van der Waals surface area contributed by atoms with Crippen molar-refractivity contribution < 1.29 is 22.3 Å². The number of halogens is 1. The standard InChI is InChI=1S/C25H26FN3O4S/c1-33-21-10-8-19(9-11-21)27-24-5-3-2-4-23(24)25(30)29-16-14-20(15-17-29)28-34(31,32)22-12-6-18(26)7-13-22/h2-13,20,27-28H,14-17H2,1H3.